The average molecular weight is 213 g/mol. The molecule has 0 bridgehead atoms. The molecule has 2 rings (SSSR count). The van der Waals surface area contributed by atoms with E-state index < -0.39 is 0 Å². The van der Waals surface area contributed by atoms with Crippen LogP contribution in [0.25, 0.3) is 10.9 Å². The highest BCUT2D eigenvalue weighted by Crippen LogP contribution is 2.20. The molecule has 0 radical (unpaired) electrons. The van der Waals surface area contributed by atoms with Crippen LogP contribution in [0.1, 0.15) is 29.8 Å². The van der Waals surface area contributed by atoms with Gasteiger partial charge in [0.2, 0.25) is 0 Å². The van der Waals surface area contributed by atoms with E-state index in [0.717, 1.165) is 29.2 Å². The summed E-state index contributed by atoms with van der Waals surface area (Å²) in [6, 6.07) is 5.72. The Morgan fingerprint density at radius 2 is 2.19 bits per heavy atom. The number of nitrogens with one attached hydrogen (secondary N) is 1. The largest absolute Gasteiger partial charge is 0.361 e. The summed E-state index contributed by atoms with van der Waals surface area (Å²) in [6.45, 7) is 4.18. The van der Waals surface area contributed by atoms with Crippen molar-refractivity contribution in [3.05, 3.63) is 47.2 Å². The van der Waals surface area contributed by atoms with E-state index in [4.69, 9.17) is 0 Å². The molecule has 0 aliphatic heterocycles. The third-order valence-electron chi connectivity index (χ3n) is 2.66. The van der Waals surface area contributed by atoms with Gasteiger partial charge in [-0.2, -0.15) is 0 Å². The highest BCUT2D eigenvalue weighted by Gasteiger charge is 2.03. The average Bonchev–Trinajstić information content (AvgIpc) is 2.68. The Morgan fingerprint density at radius 1 is 1.38 bits per heavy atom. The number of rotatable bonds is 3. The predicted octanol–water partition coefficient (Wildman–Crippen LogP) is 3.49. The Kier molecular flexibility index (Phi) is 2.91. The molecule has 0 aliphatic rings. The first-order valence-corrected chi connectivity index (χ1v) is 5.39. The molecule has 2 nitrogen and oxygen atoms in total. The predicted molar refractivity (Wildman–Crippen MR) is 66.8 cm³/mol. The summed E-state index contributed by atoms with van der Waals surface area (Å²) in [4.78, 5) is 13.9. The lowest BCUT2D eigenvalue weighted by Gasteiger charge is -1.96. The third kappa shape index (κ3) is 2.06. The minimum absolute atomic E-state index is 0.727. The van der Waals surface area contributed by atoms with Crippen LogP contribution in [0.2, 0.25) is 0 Å². The maximum absolute atomic E-state index is 10.7. The van der Waals surface area contributed by atoms with Crippen LogP contribution in [-0.4, -0.2) is 11.3 Å². The molecule has 0 fully saturated rings. The molecule has 0 spiro atoms. The van der Waals surface area contributed by atoms with Crippen LogP contribution in [0.3, 0.4) is 0 Å². The van der Waals surface area contributed by atoms with Crippen LogP contribution in [0.4, 0.5) is 0 Å². The summed E-state index contributed by atoms with van der Waals surface area (Å²) >= 11 is 0. The van der Waals surface area contributed by atoms with E-state index in [9.17, 15) is 4.79 Å². The number of carbonyl (C=O) groups excluding carboxylic acids is 1. The Labute approximate surface area is 95.0 Å². The van der Waals surface area contributed by atoms with Gasteiger partial charge in [-0.1, -0.05) is 11.6 Å². The Bertz CT molecular complexity index is 545. The van der Waals surface area contributed by atoms with Gasteiger partial charge in [0, 0.05) is 22.7 Å². The Hall–Kier alpha value is -1.83. The highest BCUT2D eigenvalue weighted by molar-refractivity contribution is 5.89. The minimum Gasteiger partial charge on any atom is -0.361 e. The molecule has 2 aromatic rings. The van der Waals surface area contributed by atoms with Crippen LogP contribution in [0.5, 0.6) is 0 Å². The number of aldehydes is 1. The molecule has 0 atom stereocenters. The summed E-state index contributed by atoms with van der Waals surface area (Å²) in [7, 11) is 0. The smallest absolute Gasteiger partial charge is 0.150 e. The van der Waals surface area contributed by atoms with E-state index in [1.165, 1.54) is 11.1 Å². The van der Waals surface area contributed by atoms with Gasteiger partial charge in [0.05, 0.1) is 0 Å². The van der Waals surface area contributed by atoms with Crippen molar-refractivity contribution in [2.24, 2.45) is 0 Å². The normalized spacial score (nSPS) is 10.4. The first-order chi connectivity index (χ1) is 7.70. The van der Waals surface area contributed by atoms with Gasteiger partial charge >= 0.3 is 0 Å². The van der Waals surface area contributed by atoms with Gasteiger partial charge < -0.3 is 4.98 Å². The standard InChI is InChI=1S/C14H15NO/c1-10(2)3-5-12-8-15-14-6-4-11(9-16)7-13(12)14/h3-4,6-9,15H,5H2,1-2H3. The number of fused-ring (bicyclic) bond motifs is 1. The highest BCUT2D eigenvalue weighted by atomic mass is 16.1. The monoisotopic (exact) mass is 213 g/mol. The SMILES string of the molecule is CC(C)=CCc1c[nH]c2ccc(C=O)cc12. The number of aromatic amines is 1. The van der Waals surface area contributed by atoms with E-state index in [0.29, 0.717) is 0 Å². The number of hydrogen-bond acceptors (Lipinski definition) is 1. The summed E-state index contributed by atoms with van der Waals surface area (Å²) in [5.41, 5.74) is 4.36. The van der Waals surface area contributed by atoms with Crippen molar-refractivity contribution >= 4 is 17.2 Å². The maximum atomic E-state index is 10.7. The summed E-state index contributed by atoms with van der Waals surface area (Å²) < 4.78 is 0. The molecular weight excluding hydrogens is 198 g/mol. The quantitative estimate of drug-likeness (QED) is 0.614. The number of benzene rings is 1. The second kappa shape index (κ2) is 4.35. The fraction of sp³-hybridized carbons (Fsp3) is 0.214. The fourth-order valence-electron chi connectivity index (χ4n) is 1.75. The number of aromatic nitrogens is 1. The van der Waals surface area contributed by atoms with E-state index in [1.54, 1.807) is 0 Å². The van der Waals surface area contributed by atoms with Gasteiger partial charge in [-0.15, -0.1) is 0 Å². The van der Waals surface area contributed by atoms with E-state index in [-0.39, 0.29) is 0 Å². The molecule has 0 unspecified atom stereocenters. The molecule has 1 aromatic carbocycles. The molecule has 1 aromatic heterocycles. The molecule has 1 N–H and O–H groups in total. The van der Waals surface area contributed by atoms with Crippen molar-refractivity contribution in [2.75, 3.05) is 0 Å². The van der Waals surface area contributed by atoms with Crippen molar-refractivity contribution in [3.8, 4) is 0 Å². The summed E-state index contributed by atoms with van der Waals surface area (Å²) in [6.07, 6.45) is 6.00. The topological polar surface area (TPSA) is 32.9 Å². The molecule has 0 amide bonds. The van der Waals surface area contributed by atoms with Crippen molar-refractivity contribution < 1.29 is 4.79 Å². The Morgan fingerprint density at radius 3 is 2.88 bits per heavy atom. The molecule has 82 valence electrons. The molecule has 0 aliphatic carbocycles. The van der Waals surface area contributed by atoms with Crippen molar-refractivity contribution in [2.45, 2.75) is 20.3 Å². The number of allylic oxidation sites excluding steroid dienone is 2. The Balaban J connectivity index is 2.45. The van der Waals surface area contributed by atoms with Gasteiger partial charge in [-0.3, -0.25) is 4.79 Å². The maximum Gasteiger partial charge on any atom is 0.150 e. The van der Waals surface area contributed by atoms with Crippen molar-refractivity contribution in [1.29, 1.82) is 0 Å². The fourth-order valence-corrected chi connectivity index (χ4v) is 1.75. The van der Waals surface area contributed by atoms with Gasteiger partial charge in [-0.25, -0.2) is 0 Å². The van der Waals surface area contributed by atoms with Crippen LogP contribution in [0.15, 0.2) is 36.0 Å². The lowest BCUT2D eigenvalue weighted by atomic mass is 10.1. The first kappa shape index (κ1) is 10.7. The van der Waals surface area contributed by atoms with Gasteiger partial charge in [0.1, 0.15) is 6.29 Å². The number of carbonyl (C=O) groups is 1. The second-order valence-corrected chi connectivity index (χ2v) is 4.22. The number of hydrogen-bond donors (Lipinski definition) is 1. The molecule has 0 saturated heterocycles. The van der Waals surface area contributed by atoms with E-state index in [2.05, 4.69) is 24.9 Å². The summed E-state index contributed by atoms with van der Waals surface area (Å²) in [5.74, 6) is 0. The zero-order chi connectivity index (χ0) is 11.5. The van der Waals surface area contributed by atoms with E-state index >= 15 is 0 Å². The molecule has 2 heteroatoms. The summed E-state index contributed by atoms with van der Waals surface area (Å²) in [5, 5.41) is 1.14. The first-order valence-electron chi connectivity index (χ1n) is 5.39. The minimum atomic E-state index is 0.727. The number of H-pyrrole nitrogens is 1. The van der Waals surface area contributed by atoms with Gasteiger partial charge in [0.25, 0.3) is 0 Å². The van der Waals surface area contributed by atoms with Crippen LogP contribution in [-0.2, 0) is 6.42 Å². The lowest BCUT2D eigenvalue weighted by molar-refractivity contribution is 0.112. The lowest BCUT2D eigenvalue weighted by Crippen LogP contribution is -1.82. The molecule has 0 saturated carbocycles. The zero-order valence-corrected chi connectivity index (χ0v) is 9.58. The van der Waals surface area contributed by atoms with Crippen LogP contribution >= 0.6 is 0 Å². The zero-order valence-electron chi connectivity index (χ0n) is 9.58. The molecular formula is C14H15NO. The second-order valence-electron chi connectivity index (χ2n) is 4.22. The van der Waals surface area contributed by atoms with Crippen LogP contribution in [0, 0.1) is 0 Å². The van der Waals surface area contributed by atoms with Crippen molar-refractivity contribution in [3.63, 3.8) is 0 Å². The van der Waals surface area contributed by atoms with Gasteiger partial charge in [-0.05, 0) is 44.0 Å². The molecule has 1 heterocycles. The van der Waals surface area contributed by atoms with Crippen molar-refractivity contribution in [1.82, 2.24) is 4.98 Å². The van der Waals surface area contributed by atoms with Gasteiger partial charge in [0.15, 0.2) is 0 Å². The third-order valence-corrected chi connectivity index (χ3v) is 2.66. The van der Waals surface area contributed by atoms with E-state index in [1.807, 2.05) is 24.4 Å². The molecule has 16 heavy (non-hydrogen) atoms. The van der Waals surface area contributed by atoms with Crippen LogP contribution < -0.4 is 0 Å².